The first kappa shape index (κ1) is 18.1. The number of carbonyl (C=O) groups is 1. The summed E-state index contributed by atoms with van der Waals surface area (Å²) in [4.78, 5) is 13.7. The average molecular weight is 388 g/mol. The molecule has 0 spiro atoms. The fourth-order valence-corrected chi connectivity index (χ4v) is 4.15. The molecule has 0 unspecified atom stereocenters. The zero-order valence-electron chi connectivity index (χ0n) is 16.6. The number of ketones is 1. The van der Waals surface area contributed by atoms with Gasteiger partial charge in [0.2, 0.25) is 0 Å². The summed E-state index contributed by atoms with van der Waals surface area (Å²) in [5.41, 5.74) is 7.01. The third-order valence-electron chi connectivity index (χ3n) is 5.64. The maximum Gasteiger partial charge on any atom is 0.198 e. The number of rotatable bonds is 3. The predicted molar refractivity (Wildman–Crippen MR) is 122 cm³/mol. The van der Waals surface area contributed by atoms with Gasteiger partial charge in [-0.05, 0) is 34.7 Å². The third-order valence-corrected chi connectivity index (χ3v) is 5.64. The summed E-state index contributed by atoms with van der Waals surface area (Å²) in [5, 5.41) is 11.3. The molecular weight excluding hydrogens is 368 g/mol. The summed E-state index contributed by atoms with van der Waals surface area (Å²) in [6.45, 7) is 2.00. The molecule has 1 N–H and O–H groups in total. The maximum absolute atomic E-state index is 13.7. The highest BCUT2D eigenvalue weighted by atomic mass is 16.3. The number of carbonyl (C=O) groups excluding carboxylic acids is 1. The molecule has 0 fully saturated rings. The van der Waals surface area contributed by atoms with E-state index in [4.69, 9.17) is 0 Å². The van der Waals surface area contributed by atoms with Gasteiger partial charge in [0.05, 0.1) is 5.57 Å². The van der Waals surface area contributed by atoms with Crippen molar-refractivity contribution in [2.75, 3.05) is 0 Å². The van der Waals surface area contributed by atoms with Crippen molar-refractivity contribution in [1.29, 1.82) is 0 Å². The number of aliphatic hydroxyl groups excluding tert-OH is 1. The summed E-state index contributed by atoms with van der Waals surface area (Å²) >= 11 is 0. The molecule has 5 rings (SSSR count). The molecule has 0 aliphatic heterocycles. The lowest BCUT2D eigenvalue weighted by Gasteiger charge is -2.13. The van der Waals surface area contributed by atoms with E-state index in [1.165, 1.54) is 0 Å². The minimum Gasteiger partial charge on any atom is -0.506 e. The lowest BCUT2D eigenvalue weighted by molar-refractivity contribution is 0.105. The summed E-state index contributed by atoms with van der Waals surface area (Å²) in [6.07, 6.45) is 0. The smallest absolute Gasteiger partial charge is 0.198 e. The van der Waals surface area contributed by atoms with Crippen molar-refractivity contribution in [3.05, 3.63) is 119 Å². The predicted octanol–water partition coefficient (Wildman–Crippen LogP) is 6.95. The van der Waals surface area contributed by atoms with Crippen molar-refractivity contribution in [2.24, 2.45) is 0 Å². The molecule has 0 saturated heterocycles. The Bertz CT molecular complexity index is 1280. The Balaban J connectivity index is 1.80. The van der Waals surface area contributed by atoms with E-state index in [2.05, 4.69) is 0 Å². The fourth-order valence-electron chi connectivity index (χ4n) is 4.15. The minimum atomic E-state index is -0.136. The normalized spacial score (nSPS) is 12.9. The number of fused-ring (bicyclic) bond motifs is 1. The van der Waals surface area contributed by atoms with Gasteiger partial charge in [-0.15, -0.1) is 0 Å². The fraction of sp³-hybridized carbons (Fsp3) is 0.0357. The highest BCUT2D eigenvalue weighted by Gasteiger charge is 2.35. The van der Waals surface area contributed by atoms with Crippen LogP contribution < -0.4 is 0 Å². The summed E-state index contributed by atoms with van der Waals surface area (Å²) in [7, 11) is 0. The molecule has 4 aromatic carbocycles. The Labute approximate surface area is 175 Å². The Morgan fingerprint density at radius 1 is 0.567 bits per heavy atom. The second-order valence-corrected chi connectivity index (χ2v) is 7.56. The molecule has 144 valence electrons. The second kappa shape index (κ2) is 7.16. The third kappa shape index (κ3) is 2.85. The number of allylic oxidation sites excluding steroid dienone is 1. The van der Waals surface area contributed by atoms with Crippen LogP contribution in [0.1, 0.15) is 27.0 Å². The van der Waals surface area contributed by atoms with Gasteiger partial charge < -0.3 is 5.11 Å². The SMILES string of the molecule is Cc1ccc(C2=C(O)c3c(-c4ccccc4)ccc(-c4ccccc4)c3C2=O)cc1. The van der Waals surface area contributed by atoms with Crippen molar-refractivity contribution >= 4 is 17.1 Å². The molecular formula is C28H20O2. The molecule has 0 radical (unpaired) electrons. The van der Waals surface area contributed by atoms with Crippen LogP contribution in [-0.4, -0.2) is 10.9 Å². The van der Waals surface area contributed by atoms with E-state index in [1.807, 2.05) is 104 Å². The van der Waals surface area contributed by atoms with Crippen molar-refractivity contribution in [1.82, 2.24) is 0 Å². The van der Waals surface area contributed by atoms with Gasteiger partial charge in [-0.25, -0.2) is 0 Å². The number of hydrogen-bond donors (Lipinski definition) is 1. The topological polar surface area (TPSA) is 37.3 Å². The van der Waals surface area contributed by atoms with Gasteiger partial charge in [-0.3, -0.25) is 4.79 Å². The van der Waals surface area contributed by atoms with Crippen LogP contribution in [0.2, 0.25) is 0 Å². The van der Waals surface area contributed by atoms with E-state index in [0.717, 1.165) is 33.4 Å². The highest BCUT2D eigenvalue weighted by molar-refractivity contribution is 6.41. The maximum atomic E-state index is 13.7. The zero-order valence-corrected chi connectivity index (χ0v) is 16.6. The largest absolute Gasteiger partial charge is 0.506 e. The number of aliphatic hydroxyl groups is 1. The molecule has 4 aromatic rings. The quantitative estimate of drug-likeness (QED) is 0.412. The molecule has 2 nitrogen and oxygen atoms in total. The summed E-state index contributed by atoms with van der Waals surface area (Å²) < 4.78 is 0. The molecule has 0 saturated carbocycles. The first-order valence-electron chi connectivity index (χ1n) is 9.98. The first-order chi connectivity index (χ1) is 14.6. The standard InChI is InChI=1S/C28H20O2/c1-18-12-14-21(15-13-18)24-27(29)25-22(19-8-4-2-5-9-19)16-17-23(26(25)28(24)30)20-10-6-3-7-11-20/h2-17,29H,1H3. The summed E-state index contributed by atoms with van der Waals surface area (Å²) in [5.74, 6) is -0.0847. The average Bonchev–Trinajstić information content (AvgIpc) is 3.06. The lowest BCUT2D eigenvalue weighted by atomic mass is 9.89. The Morgan fingerprint density at radius 3 is 1.60 bits per heavy atom. The number of Topliss-reactive ketones (excluding diaryl/α,β-unsaturated/α-hetero) is 1. The highest BCUT2D eigenvalue weighted by Crippen LogP contribution is 2.45. The lowest BCUT2D eigenvalue weighted by Crippen LogP contribution is -2.02. The molecule has 1 aliphatic rings. The molecule has 0 amide bonds. The Hall–Kier alpha value is -3.91. The van der Waals surface area contributed by atoms with E-state index >= 15 is 0 Å². The van der Waals surface area contributed by atoms with Gasteiger partial charge in [0.25, 0.3) is 0 Å². The molecule has 30 heavy (non-hydrogen) atoms. The molecule has 0 atom stereocenters. The van der Waals surface area contributed by atoms with Crippen LogP contribution in [0.3, 0.4) is 0 Å². The van der Waals surface area contributed by atoms with Gasteiger partial charge in [-0.1, -0.05) is 103 Å². The molecule has 1 aliphatic carbocycles. The van der Waals surface area contributed by atoms with Crippen LogP contribution in [0.25, 0.3) is 33.6 Å². The molecule has 2 heteroatoms. The van der Waals surface area contributed by atoms with Crippen LogP contribution in [-0.2, 0) is 0 Å². The van der Waals surface area contributed by atoms with E-state index in [9.17, 15) is 9.90 Å². The van der Waals surface area contributed by atoms with Crippen LogP contribution >= 0.6 is 0 Å². The minimum absolute atomic E-state index is 0.0514. The zero-order chi connectivity index (χ0) is 20.7. The van der Waals surface area contributed by atoms with Crippen LogP contribution in [0.15, 0.2) is 97.1 Å². The van der Waals surface area contributed by atoms with Gasteiger partial charge in [0.15, 0.2) is 5.78 Å². The molecule has 0 aromatic heterocycles. The Kier molecular flexibility index (Phi) is 4.33. The monoisotopic (exact) mass is 388 g/mol. The van der Waals surface area contributed by atoms with Gasteiger partial charge >= 0.3 is 0 Å². The van der Waals surface area contributed by atoms with Crippen molar-refractivity contribution in [3.8, 4) is 22.3 Å². The first-order valence-corrected chi connectivity index (χ1v) is 9.98. The second-order valence-electron chi connectivity index (χ2n) is 7.56. The van der Waals surface area contributed by atoms with Gasteiger partial charge in [-0.2, -0.15) is 0 Å². The van der Waals surface area contributed by atoms with E-state index in [1.54, 1.807) is 0 Å². The Morgan fingerprint density at radius 2 is 1.07 bits per heavy atom. The number of aryl methyl sites for hydroxylation is 1. The van der Waals surface area contributed by atoms with Gasteiger partial charge in [0, 0.05) is 11.1 Å². The van der Waals surface area contributed by atoms with Crippen LogP contribution in [0.5, 0.6) is 0 Å². The van der Waals surface area contributed by atoms with Gasteiger partial charge in [0.1, 0.15) is 5.76 Å². The van der Waals surface area contributed by atoms with Crippen molar-refractivity contribution in [3.63, 3.8) is 0 Å². The van der Waals surface area contributed by atoms with Crippen LogP contribution in [0.4, 0.5) is 0 Å². The number of benzene rings is 4. The van der Waals surface area contributed by atoms with E-state index in [-0.39, 0.29) is 11.5 Å². The molecule has 0 heterocycles. The summed E-state index contributed by atoms with van der Waals surface area (Å²) in [6, 6.07) is 31.4. The van der Waals surface area contributed by atoms with E-state index < -0.39 is 0 Å². The molecule has 0 bridgehead atoms. The van der Waals surface area contributed by atoms with Crippen molar-refractivity contribution in [2.45, 2.75) is 6.92 Å². The van der Waals surface area contributed by atoms with Crippen molar-refractivity contribution < 1.29 is 9.90 Å². The number of hydrogen-bond acceptors (Lipinski definition) is 2. The van der Waals surface area contributed by atoms with E-state index in [0.29, 0.717) is 16.7 Å². The van der Waals surface area contributed by atoms with Crippen LogP contribution in [0, 0.1) is 6.92 Å².